The first-order valence-corrected chi connectivity index (χ1v) is 7.34. The van der Waals surface area contributed by atoms with E-state index in [-0.39, 0.29) is 27.9 Å². The lowest BCUT2D eigenvalue weighted by molar-refractivity contribution is -0.383. The summed E-state index contributed by atoms with van der Waals surface area (Å²) in [5, 5.41) is 11.0. The molecule has 6 nitrogen and oxygen atoms in total. The van der Waals surface area contributed by atoms with Gasteiger partial charge in [-0.25, -0.2) is 0 Å². The number of rotatable bonds is 3. The molecular formula is C14H18ClN3O3. The van der Waals surface area contributed by atoms with Crippen molar-refractivity contribution >= 4 is 28.9 Å². The Balaban J connectivity index is 2.22. The highest BCUT2D eigenvalue weighted by atomic mass is 35.5. The summed E-state index contributed by atoms with van der Waals surface area (Å²) >= 11 is 5.89. The molecule has 1 amide bonds. The molecule has 0 unspecified atom stereocenters. The van der Waals surface area contributed by atoms with E-state index in [0.29, 0.717) is 19.0 Å². The van der Waals surface area contributed by atoms with Crippen LogP contribution in [0.2, 0.25) is 5.02 Å². The summed E-state index contributed by atoms with van der Waals surface area (Å²) in [4.78, 5) is 24.5. The van der Waals surface area contributed by atoms with Crippen LogP contribution in [0, 0.1) is 16.0 Å². The van der Waals surface area contributed by atoms with Crippen molar-refractivity contribution in [1.82, 2.24) is 4.90 Å². The van der Waals surface area contributed by atoms with Crippen molar-refractivity contribution < 1.29 is 9.72 Å². The van der Waals surface area contributed by atoms with E-state index in [1.54, 1.807) is 4.90 Å². The summed E-state index contributed by atoms with van der Waals surface area (Å²) in [5.41, 5.74) is 5.35. The Hall–Kier alpha value is -1.82. The molecule has 1 aliphatic rings. The molecule has 1 heterocycles. The molecule has 1 aromatic rings. The fraction of sp³-hybridized carbons (Fsp3) is 0.500. The van der Waals surface area contributed by atoms with Crippen LogP contribution in [0.5, 0.6) is 0 Å². The largest absolute Gasteiger partial charge is 0.392 e. The van der Waals surface area contributed by atoms with Gasteiger partial charge in [-0.15, -0.1) is 0 Å². The third kappa shape index (κ3) is 3.26. The van der Waals surface area contributed by atoms with E-state index in [0.717, 1.165) is 19.3 Å². The molecule has 7 heteroatoms. The predicted molar refractivity (Wildman–Crippen MR) is 81.4 cm³/mol. The second-order valence-corrected chi connectivity index (χ2v) is 5.70. The SMILES string of the molecule is CCC1CCN(C(=O)c2cc(Cl)c(N)c([N+](=O)[O-])c2)CC1. The number of carbonyl (C=O) groups excluding carboxylic acids is 1. The Labute approximate surface area is 128 Å². The van der Waals surface area contributed by atoms with E-state index in [1.165, 1.54) is 12.1 Å². The maximum Gasteiger partial charge on any atom is 0.294 e. The number of likely N-dealkylation sites (tertiary alicyclic amines) is 1. The average molecular weight is 312 g/mol. The normalized spacial score (nSPS) is 16.0. The van der Waals surface area contributed by atoms with Crippen LogP contribution in [0.4, 0.5) is 11.4 Å². The smallest absolute Gasteiger partial charge is 0.294 e. The number of amides is 1. The molecule has 2 rings (SSSR count). The molecule has 21 heavy (non-hydrogen) atoms. The minimum Gasteiger partial charge on any atom is -0.392 e. The number of piperidine rings is 1. The molecule has 1 fully saturated rings. The van der Waals surface area contributed by atoms with Gasteiger partial charge in [0.2, 0.25) is 0 Å². The summed E-state index contributed by atoms with van der Waals surface area (Å²) in [7, 11) is 0. The summed E-state index contributed by atoms with van der Waals surface area (Å²) in [5.74, 6) is 0.424. The van der Waals surface area contributed by atoms with Gasteiger partial charge in [0, 0.05) is 24.7 Å². The summed E-state index contributed by atoms with van der Waals surface area (Å²) < 4.78 is 0. The molecule has 114 valence electrons. The van der Waals surface area contributed by atoms with E-state index in [4.69, 9.17) is 17.3 Å². The van der Waals surface area contributed by atoms with Gasteiger partial charge in [0.05, 0.1) is 9.95 Å². The van der Waals surface area contributed by atoms with Gasteiger partial charge in [-0.1, -0.05) is 24.9 Å². The first-order valence-electron chi connectivity index (χ1n) is 6.96. The Morgan fingerprint density at radius 2 is 2.10 bits per heavy atom. The highest BCUT2D eigenvalue weighted by Crippen LogP contribution is 2.32. The number of nitro benzene ring substituents is 1. The maximum absolute atomic E-state index is 12.4. The number of nitrogen functional groups attached to an aromatic ring is 1. The zero-order valence-electron chi connectivity index (χ0n) is 11.8. The number of nitrogens with two attached hydrogens (primary N) is 1. The number of halogens is 1. The van der Waals surface area contributed by atoms with Crippen LogP contribution in [0.15, 0.2) is 12.1 Å². The fourth-order valence-corrected chi connectivity index (χ4v) is 2.82. The zero-order chi connectivity index (χ0) is 15.6. The molecule has 0 bridgehead atoms. The maximum atomic E-state index is 12.4. The lowest BCUT2D eigenvalue weighted by atomic mass is 9.94. The van der Waals surface area contributed by atoms with Crippen LogP contribution in [-0.2, 0) is 0 Å². The topological polar surface area (TPSA) is 89.5 Å². The Morgan fingerprint density at radius 1 is 1.48 bits per heavy atom. The third-order valence-electron chi connectivity index (χ3n) is 4.03. The van der Waals surface area contributed by atoms with Crippen LogP contribution in [-0.4, -0.2) is 28.8 Å². The van der Waals surface area contributed by atoms with Gasteiger partial charge in [0.15, 0.2) is 0 Å². The van der Waals surface area contributed by atoms with Crippen LogP contribution >= 0.6 is 11.6 Å². The Bertz CT molecular complexity index is 569. The van der Waals surface area contributed by atoms with Gasteiger partial charge in [-0.3, -0.25) is 14.9 Å². The number of hydrogen-bond donors (Lipinski definition) is 1. The lowest BCUT2D eigenvalue weighted by Gasteiger charge is -2.31. The number of anilines is 1. The lowest BCUT2D eigenvalue weighted by Crippen LogP contribution is -2.38. The van der Waals surface area contributed by atoms with Crippen molar-refractivity contribution in [2.45, 2.75) is 26.2 Å². The van der Waals surface area contributed by atoms with Crippen molar-refractivity contribution in [3.63, 3.8) is 0 Å². The van der Waals surface area contributed by atoms with Gasteiger partial charge in [-0.05, 0) is 24.8 Å². The van der Waals surface area contributed by atoms with Crippen molar-refractivity contribution in [2.75, 3.05) is 18.8 Å². The number of nitrogens with zero attached hydrogens (tertiary/aromatic N) is 2. The molecular weight excluding hydrogens is 294 g/mol. The number of benzene rings is 1. The van der Waals surface area contributed by atoms with Crippen LogP contribution in [0.25, 0.3) is 0 Å². The molecule has 2 N–H and O–H groups in total. The predicted octanol–water partition coefficient (Wildman–Crippen LogP) is 3.09. The van der Waals surface area contributed by atoms with Crippen molar-refractivity contribution in [2.24, 2.45) is 5.92 Å². The number of nitro groups is 1. The molecule has 0 aromatic heterocycles. The summed E-state index contributed by atoms with van der Waals surface area (Å²) in [6, 6.07) is 2.60. The minimum atomic E-state index is -0.624. The minimum absolute atomic E-state index is 0.0380. The fourth-order valence-electron chi connectivity index (χ4n) is 2.60. The van der Waals surface area contributed by atoms with Crippen molar-refractivity contribution in [1.29, 1.82) is 0 Å². The van der Waals surface area contributed by atoms with E-state index < -0.39 is 4.92 Å². The van der Waals surface area contributed by atoms with E-state index in [1.807, 2.05) is 0 Å². The van der Waals surface area contributed by atoms with Gasteiger partial charge in [0.1, 0.15) is 5.69 Å². The molecule has 0 saturated carbocycles. The summed E-state index contributed by atoms with van der Waals surface area (Å²) in [6.07, 6.45) is 3.04. The monoisotopic (exact) mass is 311 g/mol. The molecule has 0 atom stereocenters. The van der Waals surface area contributed by atoms with Crippen LogP contribution < -0.4 is 5.73 Å². The van der Waals surface area contributed by atoms with E-state index in [9.17, 15) is 14.9 Å². The highest BCUT2D eigenvalue weighted by Gasteiger charge is 2.25. The molecule has 0 aliphatic carbocycles. The zero-order valence-corrected chi connectivity index (χ0v) is 12.6. The van der Waals surface area contributed by atoms with Crippen LogP contribution in [0.3, 0.4) is 0 Å². The van der Waals surface area contributed by atoms with Crippen molar-refractivity contribution in [3.8, 4) is 0 Å². The van der Waals surface area contributed by atoms with Crippen LogP contribution in [0.1, 0.15) is 36.5 Å². The number of carbonyl (C=O) groups is 1. The molecule has 1 aliphatic heterocycles. The standard InChI is InChI=1S/C14H18ClN3O3/c1-2-9-3-5-17(6-4-9)14(19)10-7-11(15)13(16)12(8-10)18(20)21/h7-9H,2-6,16H2,1H3. The highest BCUT2D eigenvalue weighted by molar-refractivity contribution is 6.34. The quantitative estimate of drug-likeness (QED) is 0.527. The second-order valence-electron chi connectivity index (χ2n) is 5.29. The molecule has 0 spiro atoms. The Kier molecular flexibility index (Phi) is 4.67. The Morgan fingerprint density at radius 3 is 2.62 bits per heavy atom. The molecule has 1 aromatic carbocycles. The second kappa shape index (κ2) is 6.30. The number of hydrogen-bond acceptors (Lipinski definition) is 4. The van der Waals surface area contributed by atoms with Crippen molar-refractivity contribution in [3.05, 3.63) is 32.8 Å². The summed E-state index contributed by atoms with van der Waals surface area (Å²) in [6.45, 7) is 3.49. The average Bonchev–Trinajstić information content (AvgIpc) is 2.49. The molecule has 0 radical (unpaired) electrons. The first kappa shape index (κ1) is 15.6. The van der Waals surface area contributed by atoms with Gasteiger partial charge in [-0.2, -0.15) is 0 Å². The van der Waals surface area contributed by atoms with E-state index in [2.05, 4.69) is 6.92 Å². The first-order chi connectivity index (χ1) is 9.93. The van der Waals surface area contributed by atoms with Gasteiger partial charge >= 0.3 is 0 Å². The molecule has 1 saturated heterocycles. The third-order valence-corrected chi connectivity index (χ3v) is 4.34. The van der Waals surface area contributed by atoms with Gasteiger partial charge < -0.3 is 10.6 Å². The van der Waals surface area contributed by atoms with E-state index >= 15 is 0 Å². The van der Waals surface area contributed by atoms with Gasteiger partial charge in [0.25, 0.3) is 11.6 Å².